The molecule has 3 rings (SSSR count). The molecule has 21 heavy (non-hydrogen) atoms. The lowest BCUT2D eigenvalue weighted by Gasteiger charge is -2.33. The molecule has 0 bridgehead atoms. The summed E-state index contributed by atoms with van der Waals surface area (Å²) >= 11 is 6.05. The van der Waals surface area contributed by atoms with Gasteiger partial charge in [0.05, 0.1) is 7.11 Å². The van der Waals surface area contributed by atoms with Crippen LogP contribution in [-0.2, 0) is 6.42 Å². The van der Waals surface area contributed by atoms with Gasteiger partial charge in [-0.1, -0.05) is 41.9 Å². The summed E-state index contributed by atoms with van der Waals surface area (Å²) in [5.41, 5.74) is 4.15. The third-order valence-electron chi connectivity index (χ3n) is 4.40. The van der Waals surface area contributed by atoms with Crippen molar-refractivity contribution in [3.05, 3.63) is 64.2 Å². The Hall–Kier alpha value is -1.51. The number of nitrogens with one attached hydrogen (secondary N) is 1. The average Bonchev–Trinajstić information content (AvgIpc) is 2.49. The second-order valence-electron chi connectivity index (χ2n) is 5.56. The van der Waals surface area contributed by atoms with Crippen molar-refractivity contribution in [2.24, 2.45) is 0 Å². The van der Waals surface area contributed by atoms with Crippen LogP contribution in [0.2, 0.25) is 5.02 Å². The van der Waals surface area contributed by atoms with Crippen molar-refractivity contribution in [2.75, 3.05) is 14.2 Å². The standard InChI is InChI=1S/C18H20ClNO/c1-20-17(16-8-7-14(19)11-18(16)21-2)10-13-9-12-5-3-4-6-15(12)13/h3-8,11,13,17,20H,9-10H2,1-2H3. The van der Waals surface area contributed by atoms with Gasteiger partial charge in [-0.25, -0.2) is 0 Å². The van der Waals surface area contributed by atoms with Crippen molar-refractivity contribution in [3.8, 4) is 5.75 Å². The van der Waals surface area contributed by atoms with Crippen LogP contribution in [0.5, 0.6) is 5.75 Å². The van der Waals surface area contributed by atoms with Crippen molar-refractivity contribution < 1.29 is 4.74 Å². The summed E-state index contributed by atoms with van der Waals surface area (Å²) in [5.74, 6) is 1.48. The number of benzene rings is 2. The Bertz CT molecular complexity index is 641. The molecule has 0 aromatic heterocycles. The van der Waals surface area contributed by atoms with E-state index in [1.54, 1.807) is 7.11 Å². The highest BCUT2D eigenvalue weighted by Crippen LogP contribution is 2.42. The SMILES string of the molecule is CNC(CC1Cc2ccccc21)c1ccc(Cl)cc1OC. The first-order chi connectivity index (χ1) is 10.2. The summed E-state index contributed by atoms with van der Waals surface area (Å²) < 4.78 is 5.49. The second-order valence-corrected chi connectivity index (χ2v) is 6.00. The molecule has 0 heterocycles. The van der Waals surface area contributed by atoms with Crippen LogP contribution in [-0.4, -0.2) is 14.2 Å². The Balaban J connectivity index is 1.81. The van der Waals surface area contributed by atoms with Crippen LogP contribution in [0.25, 0.3) is 0 Å². The lowest BCUT2D eigenvalue weighted by Crippen LogP contribution is -2.25. The summed E-state index contributed by atoms with van der Waals surface area (Å²) in [4.78, 5) is 0. The lowest BCUT2D eigenvalue weighted by atomic mass is 9.73. The van der Waals surface area contributed by atoms with E-state index in [1.165, 1.54) is 23.1 Å². The first-order valence-corrected chi connectivity index (χ1v) is 7.69. The fourth-order valence-electron chi connectivity index (χ4n) is 3.23. The molecule has 2 aromatic rings. The van der Waals surface area contributed by atoms with E-state index < -0.39 is 0 Å². The van der Waals surface area contributed by atoms with Crippen LogP contribution in [0, 0.1) is 0 Å². The summed E-state index contributed by atoms with van der Waals surface area (Å²) in [6, 6.07) is 14.9. The van der Waals surface area contributed by atoms with Gasteiger partial charge in [-0.05, 0) is 49.1 Å². The Morgan fingerprint density at radius 3 is 2.81 bits per heavy atom. The highest BCUT2D eigenvalue weighted by atomic mass is 35.5. The third kappa shape index (κ3) is 2.78. The summed E-state index contributed by atoms with van der Waals surface area (Å²) in [6.45, 7) is 0. The van der Waals surface area contributed by atoms with Crippen molar-refractivity contribution in [1.82, 2.24) is 5.32 Å². The fourth-order valence-corrected chi connectivity index (χ4v) is 3.39. The number of hydrogen-bond acceptors (Lipinski definition) is 2. The largest absolute Gasteiger partial charge is 0.496 e. The molecule has 2 nitrogen and oxygen atoms in total. The molecule has 2 aromatic carbocycles. The van der Waals surface area contributed by atoms with Crippen molar-refractivity contribution in [1.29, 1.82) is 0 Å². The van der Waals surface area contributed by atoms with Gasteiger partial charge in [-0.2, -0.15) is 0 Å². The van der Waals surface area contributed by atoms with E-state index in [4.69, 9.17) is 16.3 Å². The molecule has 3 heteroatoms. The molecule has 0 radical (unpaired) electrons. The number of ether oxygens (including phenoxy) is 1. The van der Waals surface area contributed by atoms with Crippen molar-refractivity contribution in [2.45, 2.75) is 24.8 Å². The van der Waals surface area contributed by atoms with Crippen molar-refractivity contribution >= 4 is 11.6 Å². The quantitative estimate of drug-likeness (QED) is 0.887. The van der Waals surface area contributed by atoms with Gasteiger partial charge in [0.1, 0.15) is 5.75 Å². The summed E-state index contributed by atoms with van der Waals surface area (Å²) in [7, 11) is 3.70. The average molecular weight is 302 g/mol. The maximum absolute atomic E-state index is 6.05. The fraction of sp³-hybridized carbons (Fsp3) is 0.333. The van der Waals surface area contributed by atoms with Crippen LogP contribution in [0.4, 0.5) is 0 Å². The van der Waals surface area contributed by atoms with Gasteiger partial charge in [0.25, 0.3) is 0 Å². The number of methoxy groups -OCH3 is 1. The zero-order valence-electron chi connectivity index (χ0n) is 12.4. The van der Waals surface area contributed by atoms with Crippen LogP contribution in [0.15, 0.2) is 42.5 Å². The molecular formula is C18H20ClNO. The maximum Gasteiger partial charge on any atom is 0.125 e. The number of hydrogen-bond donors (Lipinski definition) is 1. The summed E-state index contributed by atoms with van der Waals surface area (Å²) in [6.07, 6.45) is 2.25. The number of halogens is 1. The molecule has 0 fully saturated rings. The predicted molar refractivity (Wildman–Crippen MR) is 87.3 cm³/mol. The smallest absolute Gasteiger partial charge is 0.125 e. The molecule has 1 aliphatic carbocycles. The van der Waals surface area contributed by atoms with Gasteiger partial charge in [0.15, 0.2) is 0 Å². The molecular weight excluding hydrogens is 282 g/mol. The molecule has 1 aliphatic rings. The minimum Gasteiger partial charge on any atom is -0.496 e. The molecule has 1 N–H and O–H groups in total. The van der Waals surface area contributed by atoms with E-state index >= 15 is 0 Å². The van der Waals surface area contributed by atoms with Crippen LogP contribution in [0.1, 0.15) is 35.1 Å². The van der Waals surface area contributed by atoms with Gasteiger partial charge >= 0.3 is 0 Å². The molecule has 0 amide bonds. The molecule has 0 saturated carbocycles. The summed E-state index contributed by atoms with van der Waals surface area (Å²) in [5, 5.41) is 4.13. The highest BCUT2D eigenvalue weighted by molar-refractivity contribution is 6.30. The maximum atomic E-state index is 6.05. The van der Waals surface area contributed by atoms with E-state index in [0.29, 0.717) is 10.9 Å². The van der Waals surface area contributed by atoms with E-state index in [-0.39, 0.29) is 6.04 Å². The Kier molecular flexibility index (Phi) is 4.18. The van der Waals surface area contributed by atoms with E-state index in [9.17, 15) is 0 Å². The Morgan fingerprint density at radius 2 is 2.10 bits per heavy atom. The van der Waals surface area contributed by atoms with Crippen LogP contribution in [0.3, 0.4) is 0 Å². The highest BCUT2D eigenvalue weighted by Gasteiger charge is 2.29. The van der Waals surface area contributed by atoms with Crippen LogP contribution >= 0.6 is 11.6 Å². The van der Waals surface area contributed by atoms with E-state index in [0.717, 1.165) is 12.2 Å². The molecule has 0 aliphatic heterocycles. The molecule has 2 atom stereocenters. The first kappa shape index (κ1) is 14.4. The first-order valence-electron chi connectivity index (χ1n) is 7.31. The molecule has 110 valence electrons. The van der Waals surface area contributed by atoms with Gasteiger partial charge in [0.2, 0.25) is 0 Å². The minimum atomic E-state index is 0.274. The van der Waals surface area contributed by atoms with E-state index in [2.05, 4.69) is 35.6 Å². The number of fused-ring (bicyclic) bond motifs is 1. The Morgan fingerprint density at radius 1 is 1.29 bits per heavy atom. The zero-order valence-corrected chi connectivity index (χ0v) is 13.2. The van der Waals surface area contributed by atoms with Gasteiger partial charge in [-0.3, -0.25) is 0 Å². The number of rotatable bonds is 5. The molecule has 0 saturated heterocycles. The lowest BCUT2D eigenvalue weighted by molar-refractivity contribution is 0.389. The third-order valence-corrected chi connectivity index (χ3v) is 4.64. The van der Waals surface area contributed by atoms with Gasteiger partial charge in [0, 0.05) is 16.6 Å². The topological polar surface area (TPSA) is 21.3 Å². The monoisotopic (exact) mass is 301 g/mol. The normalized spacial score (nSPS) is 17.8. The zero-order chi connectivity index (χ0) is 14.8. The second kappa shape index (κ2) is 6.08. The Labute approximate surface area is 131 Å². The van der Waals surface area contributed by atoms with E-state index in [1.807, 2.05) is 19.2 Å². The van der Waals surface area contributed by atoms with Gasteiger partial charge < -0.3 is 10.1 Å². The minimum absolute atomic E-state index is 0.274. The van der Waals surface area contributed by atoms with Crippen molar-refractivity contribution in [3.63, 3.8) is 0 Å². The molecule has 2 unspecified atom stereocenters. The molecule has 0 spiro atoms. The predicted octanol–water partition coefficient (Wildman–Crippen LogP) is 4.34. The van der Waals surface area contributed by atoms with Crippen LogP contribution < -0.4 is 10.1 Å². The van der Waals surface area contributed by atoms with Gasteiger partial charge in [-0.15, -0.1) is 0 Å².